The maximum absolute atomic E-state index is 10.2. The quantitative estimate of drug-likeness (QED) is 0.875. The predicted octanol–water partition coefficient (Wildman–Crippen LogP) is 2.49. The summed E-state index contributed by atoms with van der Waals surface area (Å²) in [6, 6.07) is 2.21. The van der Waals surface area contributed by atoms with Gasteiger partial charge in [0.2, 0.25) is 0 Å². The van der Waals surface area contributed by atoms with Crippen LogP contribution in [0.25, 0.3) is 0 Å². The van der Waals surface area contributed by atoms with Gasteiger partial charge < -0.3 is 15.3 Å². The number of β-amino-alcohol motifs (C(OH)–C–C–N with tert-alkyl or cyclic N) is 1. The number of hydrogen-bond donors (Lipinski definition) is 2. The molecule has 1 fully saturated rings. The van der Waals surface area contributed by atoms with Crippen LogP contribution < -0.4 is 10.2 Å². The van der Waals surface area contributed by atoms with E-state index in [1.165, 1.54) is 11.1 Å². The van der Waals surface area contributed by atoms with Gasteiger partial charge in [0.1, 0.15) is 5.82 Å². The predicted molar refractivity (Wildman–Crippen MR) is 87.6 cm³/mol. The first-order valence-corrected chi connectivity index (χ1v) is 8.01. The molecule has 2 N–H and O–H groups in total. The molecule has 0 saturated carbocycles. The van der Waals surface area contributed by atoms with Crippen LogP contribution >= 0.6 is 0 Å². The summed E-state index contributed by atoms with van der Waals surface area (Å²) in [5, 5.41) is 13.7. The van der Waals surface area contributed by atoms with Crippen LogP contribution in [0.3, 0.4) is 0 Å². The zero-order valence-corrected chi connectivity index (χ0v) is 13.8. The van der Waals surface area contributed by atoms with Crippen LogP contribution in [0, 0.1) is 12.8 Å². The van der Waals surface area contributed by atoms with Crippen LogP contribution in [0.15, 0.2) is 12.3 Å². The van der Waals surface area contributed by atoms with E-state index in [9.17, 15) is 5.11 Å². The minimum atomic E-state index is -0.593. The van der Waals surface area contributed by atoms with Gasteiger partial charge in [-0.25, -0.2) is 4.98 Å². The van der Waals surface area contributed by atoms with Crippen molar-refractivity contribution in [2.75, 3.05) is 24.5 Å². The summed E-state index contributed by atoms with van der Waals surface area (Å²) in [4.78, 5) is 6.85. The van der Waals surface area contributed by atoms with Crippen molar-refractivity contribution < 1.29 is 5.11 Å². The fourth-order valence-corrected chi connectivity index (χ4v) is 2.96. The van der Waals surface area contributed by atoms with E-state index >= 15 is 0 Å². The Hall–Kier alpha value is -1.13. The molecule has 1 unspecified atom stereocenters. The van der Waals surface area contributed by atoms with E-state index in [1.807, 2.05) is 13.1 Å². The third-order valence-electron chi connectivity index (χ3n) is 3.96. The van der Waals surface area contributed by atoms with E-state index in [0.717, 1.165) is 38.3 Å². The molecule has 4 nitrogen and oxygen atoms in total. The number of aryl methyl sites for hydroxylation is 1. The summed E-state index contributed by atoms with van der Waals surface area (Å²) in [5.41, 5.74) is 1.82. The third kappa shape index (κ3) is 4.68. The van der Waals surface area contributed by atoms with Gasteiger partial charge in [0.15, 0.2) is 0 Å². The summed E-state index contributed by atoms with van der Waals surface area (Å²) in [7, 11) is 0. The van der Waals surface area contributed by atoms with Crippen molar-refractivity contribution in [1.82, 2.24) is 10.3 Å². The van der Waals surface area contributed by atoms with Gasteiger partial charge in [0, 0.05) is 25.8 Å². The molecule has 1 saturated heterocycles. The lowest BCUT2D eigenvalue weighted by molar-refractivity contribution is 0.0447. The number of piperidine rings is 1. The number of hydrogen-bond acceptors (Lipinski definition) is 4. The smallest absolute Gasteiger partial charge is 0.131 e. The van der Waals surface area contributed by atoms with E-state index in [0.29, 0.717) is 12.5 Å². The highest BCUT2D eigenvalue weighted by Crippen LogP contribution is 2.26. The second-order valence-corrected chi connectivity index (χ2v) is 7.03. The zero-order chi connectivity index (χ0) is 15.5. The molecule has 0 aliphatic carbocycles. The highest BCUT2D eigenvalue weighted by Gasteiger charge is 2.29. The zero-order valence-electron chi connectivity index (χ0n) is 13.8. The molecule has 2 rings (SSSR count). The molecule has 118 valence electrons. The molecule has 1 aliphatic heterocycles. The molecule has 1 aromatic rings. The molecule has 0 spiro atoms. The van der Waals surface area contributed by atoms with Crippen LogP contribution in [0.5, 0.6) is 0 Å². The summed E-state index contributed by atoms with van der Waals surface area (Å²) in [6.07, 6.45) is 3.85. The Labute approximate surface area is 128 Å². The molecule has 0 aromatic carbocycles. The Morgan fingerprint density at radius 2 is 2.24 bits per heavy atom. The highest BCUT2D eigenvalue weighted by molar-refractivity contribution is 5.48. The van der Waals surface area contributed by atoms with Gasteiger partial charge in [0.25, 0.3) is 0 Å². The molecule has 0 bridgehead atoms. The van der Waals surface area contributed by atoms with Gasteiger partial charge in [-0.05, 0) is 56.3 Å². The van der Waals surface area contributed by atoms with Crippen molar-refractivity contribution in [3.63, 3.8) is 0 Å². The molecule has 4 heteroatoms. The van der Waals surface area contributed by atoms with E-state index in [-0.39, 0.29) is 0 Å². The molecule has 2 heterocycles. The minimum Gasteiger partial charge on any atom is -0.388 e. The molecule has 1 aliphatic rings. The van der Waals surface area contributed by atoms with Crippen LogP contribution in [0.2, 0.25) is 0 Å². The van der Waals surface area contributed by atoms with Crippen LogP contribution in [-0.2, 0) is 6.54 Å². The lowest BCUT2D eigenvalue weighted by Gasteiger charge is -2.38. The number of anilines is 1. The van der Waals surface area contributed by atoms with E-state index in [2.05, 4.69) is 42.0 Å². The molecule has 1 aromatic heterocycles. The van der Waals surface area contributed by atoms with Crippen molar-refractivity contribution in [3.8, 4) is 0 Å². The van der Waals surface area contributed by atoms with E-state index < -0.39 is 5.60 Å². The molecular weight excluding hydrogens is 262 g/mol. The maximum Gasteiger partial charge on any atom is 0.131 e. The second-order valence-electron chi connectivity index (χ2n) is 7.03. The molecule has 0 radical (unpaired) electrons. The third-order valence-corrected chi connectivity index (χ3v) is 3.96. The summed E-state index contributed by atoms with van der Waals surface area (Å²) < 4.78 is 0. The van der Waals surface area contributed by atoms with E-state index in [4.69, 9.17) is 0 Å². The SMILES string of the molecule is Cc1cc(CNCC(C)C)cnc1N1CCCC(C)(O)C1. The highest BCUT2D eigenvalue weighted by atomic mass is 16.3. The average Bonchev–Trinajstić information content (AvgIpc) is 2.37. The summed E-state index contributed by atoms with van der Waals surface area (Å²) >= 11 is 0. The molecule has 1 atom stereocenters. The first-order chi connectivity index (χ1) is 9.87. The Morgan fingerprint density at radius 3 is 2.86 bits per heavy atom. The lowest BCUT2D eigenvalue weighted by Crippen LogP contribution is -2.46. The monoisotopic (exact) mass is 291 g/mol. The Kier molecular flexibility index (Phi) is 5.22. The number of nitrogens with one attached hydrogen (secondary N) is 1. The van der Waals surface area contributed by atoms with Gasteiger partial charge in [-0.2, -0.15) is 0 Å². The number of aliphatic hydroxyl groups is 1. The molecular formula is C17H29N3O. The molecule has 0 amide bonds. The van der Waals surface area contributed by atoms with Crippen molar-refractivity contribution >= 4 is 5.82 Å². The van der Waals surface area contributed by atoms with Crippen molar-refractivity contribution in [3.05, 3.63) is 23.4 Å². The van der Waals surface area contributed by atoms with Crippen LogP contribution in [0.4, 0.5) is 5.82 Å². The van der Waals surface area contributed by atoms with Crippen LogP contribution in [-0.4, -0.2) is 35.3 Å². The Balaban J connectivity index is 2.02. The maximum atomic E-state index is 10.2. The summed E-state index contributed by atoms with van der Waals surface area (Å²) in [5.74, 6) is 1.68. The van der Waals surface area contributed by atoms with Gasteiger partial charge in [-0.3, -0.25) is 0 Å². The standard InChI is InChI=1S/C17H29N3O/c1-13(2)9-18-10-15-8-14(3)16(19-11-15)20-7-5-6-17(4,21)12-20/h8,11,13,18,21H,5-7,9-10,12H2,1-4H3. The Bertz CT molecular complexity index is 471. The first-order valence-electron chi connectivity index (χ1n) is 8.01. The number of pyridine rings is 1. The average molecular weight is 291 g/mol. The number of rotatable bonds is 5. The first kappa shape index (κ1) is 16.2. The van der Waals surface area contributed by atoms with Crippen LogP contribution in [0.1, 0.15) is 44.7 Å². The van der Waals surface area contributed by atoms with Gasteiger partial charge in [-0.1, -0.05) is 13.8 Å². The van der Waals surface area contributed by atoms with Gasteiger partial charge in [0.05, 0.1) is 5.60 Å². The number of aromatic nitrogens is 1. The normalized spacial score (nSPS) is 22.9. The number of nitrogens with zero attached hydrogens (tertiary/aromatic N) is 2. The topological polar surface area (TPSA) is 48.4 Å². The summed E-state index contributed by atoms with van der Waals surface area (Å²) in [6.45, 7) is 12.0. The van der Waals surface area contributed by atoms with Crippen molar-refractivity contribution in [2.24, 2.45) is 5.92 Å². The van der Waals surface area contributed by atoms with Gasteiger partial charge >= 0.3 is 0 Å². The van der Waals surface area contributed by atoms with Gasteiger partial charge in [-0.15, -0.1) is 0 Å². The Morgan fingerprint density at radius 1 is 1.48 bits per heavy atom. The fourth-order valence-electron chi connectivity index (χ4n) is 2.96. The second kappa shape index (κ2) is 6.75. The fraction of sp³-hybridized carbons (Fsp3) is 0.706. The lowest BCUT2D eigenvalue weighted by atomic mass is 9.95. The van der Waals surface area contributed by atoms with E-state index in [1.54, 1.807) is 0 Å². The largest absolute Gasteiger partial charge is 0.388 e. The van der Waals surface area contributed by atoms with Crippen molar-refractivity contribution in [2.45, 2.75) is 52.7 Å². The minimum absolute atomic E-state index is 0.593. The molecule has 21 heavy (non-hydrogen) atoms. The van der Waals surface area contributed by atoms with Crippen molar-refractivity contribution in [1.29, 1.82) is 0 Å².